The van der Waals surface area contributed by atoms with E-state index < -0.39 is 12.1 Å². The van der Waals surface area contributed by atoms with Gasteiger partial charge in [-0.1, -0.05) is 11.8 Å². The van der Waals surface area contributed by atoms with Crippen molar-refractivity contribution in [2.24, 2.45) is 11.8 Å². The molecule has 0 amide bonds. The molecule has 2 aromatic heterocycles. The van der Waals surface area contributed by atoms with E-state index in [0.717, 1.165) is 35.1 Å². The van der Waals surface area contributed by atoms with Crippen molar-refractivity contribution in [3.63, 3.8) is 0 Å². The van der Waals surface area contributed by atoms with Crippen molar-refractivity contribution in [2.75, 3.05) is 26.7 Å². The normalized spacial score (nSPS) is 19.2. The zero-order valence-electron chi connectivity index (χ0n) is 20.1. The molecule has 3 aromatic rings. The number of fused-ring (bicyclic) bond motifs is 1. The number of nitrogens with one attached hydrogen (secondary N) is 1. The minimum absolute atomic E-state index is 0.0276. The highest BCUT2D eigenvalue weighted by molar-refractivity contribution is 5.83. The van der Waals surface area contributed by atoms with Crippen LogP contribution in [0, 0.1) is 30.6 Å². The molecule has 1 aromatic carbocycles. The fourth-order valence-electron chi connectivity index (χ4n) is 4.92. The van der Waals surface area contributed by atoms with Gasteiger partial charge in [0.05, 0.1) is 30.9 Å². The lowest BCUT2D eigenvalue weighted by molar-refractivity contribution is -0.139. The number of carboxylic acid groups (broad SMARTS) is 1. The molecule has 3 atom stereocenters. The molecule has 0 spiro atoms. The molecule has 184 valence electrons. The second-order valence-corrected chi connectivity index (χ2v) is 9.18. The third-order valence-electron chi connectivity index (χ3n) is 6.88. The van der Waals surface area contributed by atoms with Crippen molar-refractivity contribution in [2.45, 2.75) is 38.8 Å². The van der Waals surface area contributed by atoms with E-state index in [-0.39, 0.29) is 18.3 Å². The molecule has 4 rings (SSSR count). The lowest BCUT2D eigenvalue weighted by Gasteiger charge is -2.37. The van der Waals surface area contributed by atoms with Gasteiger partial charge in [-0.05, 0) is 74.4 Å². The molecule has 2 N–H and O–H groups in total. The number of aryl methyl sites for hydroxylation is 1. The van der Waals surface area contributed by atoms with Gasteiger partial charge in [0.2, 0.25) is 0 Å². The van der Waals surface area contributed by atoms with Crippen LogP contribution >= 0.6 is 0 Å². The summed E-state index contributed by atoms with van der Waals surface area (Å²) >= 11 is 0. The van der Waals surface area contributed by atoms with Gasteiger partial charge in [-0.2, -0.15) is 5.10 Å². The van der Waals surface area contributed by atoms with Crippen LogP contribution < -0.4 is 4.74 Å². The van der Waals surface area contributed by atoms with Crippen LogP contribution in [-0.2, 0) is 4.79 Å². The maximum Gasteiger partial charge on any atom is 0.303 e. The van der Waals surface area contributed by atoms with E-state index >= 15 is 4.39 Å². The highest BCUT2D eigenvalue weighted by atomic mass is 19.1. The Morgan fingerprint density at radius 3 is 2.97 bits per heavy atom. The smallest absolute Gasteiger partial charge is 0.303 e. The Hall–Kier alpha value is -3.44. The Bertz CT molecular complexity index is 1230. The zero-order chi connectivity index (χ0) is 24.8. The Balaban J connectivity index is 1.39. The van der Waals surface area contributed by atoms with Crippen LogP contribution in [0.1, 0.15) is 48.7 Å². The predicted octanol–water partition coefficient (Wildman–Crippen LogP) is 4.53. The van der Waals surface area contributed by atoms with Gasteiger partial charge in [0, 0.05) is 30.2 Å². The summed E-state index contributed by atoms with van der Waals surface area (Å²) in [4.78, 5) is 18.1. The van der Waals surface area contributed by atoms with Crippen molar-refractivity contribution in [3.8, 4) is 17.6 Å². The van der Waals surface area contributed by atoms with Crippen LogP contribution in [0.4, 0.5) is 4.39 Å². The minimum atomic E-state index is -1.15. The molecule has 0 aliphatic carbocycles. The Morgan fingerprint density at radius 2 is 2.23 bits per heavy atom. The van der Waals surface area contributed by atoms with Crippen molar-refractivity contribution >= 4 is 16.9 Å². The number of hydrogen-bond donors (Lipinski definition) is 2. The number of nitrogens with zero attached hydrogens (tertiary/aromatic N) is 3. The highest BCUT2D eigenvalue weighted by Gasteiger charge is 2.31. The molecular formula is C27H31FN4O3. The Labute approximate surface area is 204 Å². The van der Waals surface area contributed by atoms with Gasteiger partial charge in [-0.15, -0.1) is 0 Å². The highest BCUT2D eigenvalue weighted by Crippen LogP contribution is 2.36. The van der Waals surface area contributed by atoms with Crippen LogP contribution in [0.15, 0.2) is 36.7 Å². The number of piperidine rings is 1. The van der Waals surface area contributed by atoms with Crippen LogP contribution in [-0.4, -0.2) is 57.9 Å². The van der Waals surface area contributed by atoms with E-state index in [1.807, 2.05) is 25.1 Å². The number of likely N-dealkylation sites (tertiary alicyclic amines) is 1. The van der Waals surface area contributed by atoms with E-state index in [4.69, 9.17) is 4.74 Å². The summed E-state index contributed by atoms with van der Waals surface area (Å²) in [7, 11) is 1.59. The SMILES string of the molecule is COc1ccc2nccc([C@@H](F)CC[C@@H]3CCN(CC#Cc4cn[nH]c4C)C[C@@H]3CC(=O)O)c2c1. The van der Waals surface area contributed by atoms with E-state index in [1.54, 1.807) is 25.6 Å². The largest absolute Gasteiger partial charge is 0.497 e. The molecule has 35 heavy (non-hydrogen) atoms. The number of aromatic nitrogens is 3. The maximum absolute atomic E-state index is 15.4. The summed E-state index contributed by atoms with van der Waals surface area (Å²) < 4.78 is 20.7. The van der Waals surface area contributed by atoms with Crippen molar-refractivity contribution in [1.82, 2.24) is 20.1 Å². The van der Waals surface area contributed by atoms with E-state index in [2.05, 4.69) is 31.9 Å². The zero-order valence-corrected chi connectivity index (χ0v) is 20.1. The van der Waals surface area contributed by atoms with E-state index in [9.17, 15) is 9.90 Å². The first kappa shape index (κ1) is 24.7. The molecule has 1 aliphatic heterocycles. The average molecular weight is 479 g/mol. The molecule has 0 bridgehead atoms. The van der Waals surface area contributed by atoms with Gasteiger partial charge in [-0.25, -0.2) is 4.39 Å². The molecule has 0 radical (unpaired) electrons. The maximum atomic E-state index is 15.4. The standard InChI is InChI=1S/C27H31FN4O3/c1-18-20(16-30-31-18)4-3-12-32-13-10-19(21(17-32)14-27(33)34)5-7-25(28)23-9-11-29-26-8-6-22(35-2)15-24(23)26/h6,8-9,11,15-16,19,21,25H,5,7,10,12-14,17H2,1-2H3,(H,30,31)(H,33,34)/t19-,21+,25+/m1/s1. The summed E-state index contributed by atoms with van der Waals surface area (Å²) in [6, 6.07) is 7.20. The third-order valence-corrected chi connectivity index (χ3v) is 6.88. The van der Waals surface area contributed by atoms with Gasteiger partial charge in [0.15, 0.2) is 0 Å². The van der Waals surface area contributed by atoms with Crippen LogP contribution in [0.3, 0.4) is 0 Å². The number of ether oxygens (including phenoxy) is 1. The molecular weight excluding hydrogens is 447 g/mol. The van der Waals surface area contributed by atoms with Crippen LogP contribution in [0.25, 0.3) is 10.9 Å². The van der Waals surface area contributed by atoms with E-state index in [0.29, 0.717) is 37.2 Å². The Kier molecular flexibility index (Phi) is 7.98. The number of halogens is 1. The first-order valence-electron chi connectivity index (χ1n) is 11.9. The fraction of sp³-hybridized carbons (Fsp3) is 0.444. The number of pyridine rings is 1. The second-order valence-electron chi connectivity index (χ2n) is 9.18. The lowest BCUT2D eigenvalue weighted by atomic mass is 9.79. The fourth-order valence-corrected chi connectivity index (χ4v) is 4.92. The van der Waals surface area contributed by atoms with Gasteiger partial charge in [-0.3, -0.25) is 19.8 Å². The number of carbonyl (C=O) groups is 1. The molecule has 1 fully saturated rings. The number of rotatable bonds is 8. The summed E-state index contributed by atoms with van der Waals surface area (Å²) in [6.45, 7) is 3.98. The number of aromatic amines is 1. The number of aliphatic carboxylic acids is 1. The lowest BCUT2D eigenvalue weighted by Crippen LogP contribution is -2.41. The van der Waals surface area contributed by atoms with Crippen molar-refractivity contribution in [1.29, 1.82) is 0 Å². The summed E-state index contributed by atoms with van der Waals surface area (Å²) in [6.07, 6.45) is 4.09. The monoisotopic (exact) mass is 478 g/mol. The number of methoxy groups -OCH3 is 1. The molecule has 0 unspecified atom stereocenters. The first-order valence-corrected chi connectivity index (χ1v) is 11.9. The number of alkyl halides is 1. The minimum Gasteiger partial charge on any atom is -0.497 e. The topological polar surface area (TPSA) is 91.3 Å². The van der Waals surface area contributed by atoms with Crippen LogP contribution in [0.2, 0.25) is 0 Å². The van der Waals surface area contributed by atoms with Crippen LogP contribution in [0.5, 0.6) is 5.75 Å². The summed E-state index contributed by atoms with van der Waals surface area (Å²) in [5.41, 5.74) is 3.14. The molecule has 8 heteroatoms. The summed E-state index contributed by atoms with van der Waals surface area (Å²) in [5, 5.41) is 17.1. The Morgan fingerprint density at radius 1 is 1.37 bits per heavy atom. The molecule has 0 saturated carbocycles. The predicted molar refractivity (Wildman–Crippen MR) is 132 cm³/mol. The summed E-state index contributed by atoms with van der Waals surface area (Å²) in [5.74, 6) is 6.28. The van der Waals surface area contributed by atoms with Gasteiger partial charge >= 0.3 is 5.97 Å². The second kappa shape index (κ2) is 11.3. The quantitative estimate of drug-likeness (QED) is 0.462. The van der Waals surface area contributed by atoms with Crippen molar-refractivity contribution < 1.29 is 19.0 Å². The molecule has 1 saturated heterocycles. The molecule has 1 aliphatic rings. The van der Waals surface area contributed by atoms with Gasteiger partial charge < -0.3 is 9.84 Å². The molecule has 3 heterocycles. The van der Waals surface area contributed by atoms with Gasteiger partial charge in [0.1, 0.15) is 11.9 Å². The number of carboxylic acids is 1. The number of H-pyrrole nitrogens is 1. The average Bonchev–Trinajstić information content (AvgIpc) is 3.26. The number of hydrogen-bond acceptors (Lipinski definition) is 5. The molecule has 7 nitrogen and oxygen atoms in total. The van der Waals surface area contributed by atoms with Crippen molar-refractivity contribution in [3.05, 3.63) is 53.5 Å². The van der Waals surface area contributed by atoms with E-state index in [1.165, 1.54) is 0 Å². The third kappa shape index (κ3) is 6.17. The number of benzene rings is 1. The van der Waals surface area contributed by atoms with Gasteiger partial charge in [0.25, 0.3) is 0 Å². The first-order chi connectivity index (χ1) is 16.9.